The van der Waals surface area contributed by atoms with E-state index in [0.29, 0.717) is 23.4 Å². The molecule has 0 radical (unpaired) electrons. The van der Waals surface area contributed by atoms with Crippen LogP contribution in [0, 0.1) is 11.6 Å². The van der Waals surface area contributed by atoms with Gasteiger partial charge < -0.3 is 20.9 Å². The Balaban J connectivity index is 0.000000646. The van der Waals surface area contributed by atoms with Crippen LogP contribution >= 0.6 is 0 Å². The fraction of sp³-hybridized carbons (Fsp3) is 0.103. The number of hydrogen-bond acceptors (Lipinski definition) is 6. The zero-order valence-electron chi connectivity index (χ0n) is 22.0. The summed E-state index contributed by atoms with van der Waals surface area (Å²) < 4.78 is 65.3. The van der Waals surface area contributed by atoms with Crippen LogP contribution in [0.1, 0.15) is 11.1 Å². The number of anilines is 1. The number of hydrogen-bond donors (Lipinski definition) is 4. The Morgan fingerprint density at radius 3 is 2.09 bits per heavy atom. The number of benzene rings is 3. The number of rotatable bonds is 7. The summed E-state index contributed by atoms with van der Waals surface area (Å²) in [5.74, 6) is -4.15. The van der Waals surface area contributed by atoms with Gasteiger partial charge in [-0.25, -0.2) is 18.4 Å². The van der Waals surface area contributed by atoms with Crippen LogP contribution in [0.25, 0.3) is 11.1 Å². The third-order valence-electron chi connectivity index (χ3n) is 5.46. The standard InChI is InChI=1S/C27H22F2N4O3.C2HF3O2/c28-20-7-3-17(4-8-20)13-26(34)33-27(35)32-21-9-10-25(23(29)14-21)36-24-11-12-31-16-22(24)19-5-1-18(15-30)2-6-19;3-2(4,5)1(6)7/h1-12,14,16H,13,15,30H2,(H2,32,33,34,35);(H,6,7). The summed E-state index contributed by atoms with van der Waals surface area (Å²) in [6.07, 6.45) is -2.04. The van der Waals surface area contributed by atoms with Gasteiger partial charge in [0.25, 0.3) is 0 Å². The van der Waals surface area contributed by atoms with Gasteiger partial charge in [-0.1, -0.05) is 36.4 Å². The van der Waals surface area contributed by atoms with Gasteiger partial charge >= 0.3 is 18.2 Å². The summed E-state index contributed by atoms with van der Waals surface area (Å²) in [4.78, 5) is 37.2. The topological polar surface area (TPSA) is 144 Å². The van der Waals surface area contributed by atoms with Crippen molar-refractivity contribution in [3.05, 3.63) is 108 Å². The molecule has 3 aromatic carbocycles. The van der Waals surface area contributed by atoms with Crippen LogP contribution in [0.5, 0.6) is 11.5 Å². The normalized spacial score (nSPS) is 10.7. The Morgan fingerprint density at radius 1 is 0.884 bits per heavy atom. The number of halogens is 5. The zero-order chi connectivity index (χ0) is 31.6. The molecule has 9 nitrogen and oxygen atoms in total. The van der Waals surface area contributed by atoms with Gasteiger partial charge in [0.15, 0.2) is 11.6 Å². The van der Waals surface area contributed by atoms with Crippen molar-refractivity contribution in [3.8, 4) is 22.6 Å². The molecular formula is C29H23F5N4O5. The van der Waals surface area contributed by atoms with E-state index >= 15 is 0 Å². The number of nitrogens with zero attached hydrogens (tertiary/aromatic N) is 1. The van der Waals surface area contributed by atoms with Crippen LogP contribution in [-0.2, 0) is 22.6 Å². The summed E-state index contributed by atoms with van der Waals surface area (Å²) >= 11 is 0. The van der Waals surface area contributed by atoms with Gasteiger partial charge in [0, 0.05) is 36.3 Å². The summed E-state index contributed by atoms with van der Waals surface area (Å²) in [6.45, 7) is 0.419. The highest BCUT2D eigenvalue weighted by atomic mass is 19.4. The van der Waals surface area contributed by atoms with E-state index in [0.717, 1.165) is 17.2 Å². The lowest BCUT2D eigenvalue weighted by molar-refractivity contribution is -0.192. The summed E-state index contributed by atoms with van der Waals surface area (Å²) in [7, 11) is 0. The second kappa shape index (κ2) is 14.5. The largest absolute Gasteiger partial charge is 0.490 e. The second-order valence-corrected chi connectivity index (χ2v) is 8.63. The van der Waals surface area contributed by atoms with Crippen molar-refractivity contribution in [2.75, 3.05) is 5.32 Å². The number of amides is 3. The molecule has 5 N–H and O–H groups in total. The molecule has 0 aliphatic heterocycles. The average molecular weight is 603 g/mol. The molecule has 3 amide bonds. The molecule has 14 heteroatoms. The Morgan fingerprint density at radius 2 is 1.51 bits per heavy atom. The summed E-state index contributed by atoms with van der Waals surface area (Å²) in [6, 6.07) is 17.6. The van der Waals surface area contributed by atoms with Crippen molar-refractivity contribution in [1.82, 2.24) is 10.3 Å². The first-order valence-electron chi connectivity index (χ1n) is 12.2. The molecule has 0 atom stereocenters. The van der Waals surface area contributed by atoms with Crippen LogP contribution in [0.3, 0.4) is 0 Å². The predicted molar refractivity (Wildman–Crippen MR) is 145 cm³/mol. The maximum atomic E-state index is 14.8. The van der Waals surface area contributed by atoms with E-state index in [1.54, 1.807) is 12.3 Å². The van der Waals surface area contributed by atoms with Gasteiger partial charge in [0.2, 0.25) is 5.91 Å². The van der Waals surface area contributed by atoms with E-state index in [1.165, 1.54) is 42.6 Å². The van der Waals surface area contributed by atoms with E-state index < -0.39 is 35.7 Å². The first kappa shape index (κ1) is 32.1. The van der Waals surface area contributed by atoms with Crippen molar-refractivity contribution in [2.45, 2.75) is 19.1 Å². The molecule has 4 rings (SSSR count). The van der Waals surface area contributed by atoms with E-state index in [1.807, 2.05) is 24.3 Å². The summed E-state index contributed by atoms with van der Waals surface area (Å²) in [5, 5.41) is 11.7. The number of pyridine rings is 1. The molecular weight excluding hydrogens is 579 g/mol. The average Bonchev–Trinajstić information content (AvgIpc) is 2.96. The fourth-order valence-electron chi connectivity index (χ4n) is 3.41. The van der Waals surface area contributed by atoms with Crippen molar-refractivity contribution in [2.24, 2.45) is 5.73 Å². The van der Waals surface area contributed by atoms with Crippen molar-refractivity contribution >= 4 is 23.6 Å². The van der Waals surface area contributed by atoms with Gasteiger partial charge in [-0.05, 0) is 47.0 Å². The number of aromatic nitrogens is 1. The number of imide groups is 1. The number of nitrogens with one attached hydrogen (secondary N) is 2. The number of urea groups is 1. The lowest BCUT2D eigenvalue weighted by Crippen LogP contribution is -2.35. The zero-order valence-corrected chi connectivity index (χ0v) is 22.0. The Labute approximate surface area is 241 Å². The molecule has 0 saturated carbocycles. The molecule has 4 aromatic rings. The molecule has 0 spiro atoms. The monoisotopic (exact) mass is 602 g/mol. The number of carbonyl (C=O) groups excluding carboxylic acids is 2. The van der Waals surface area contributed by atoms with Gasteiger partial charge in [-0.3, -0.25) is 15.1 Å². The Kier molecular flexibility index (Phi) is 10.8. The molecule has 0 saturated heterocycles. The van der Waals surface area contributed by atoms with Gasteiger partial charge in [-0.2, -0.15) is 13.2 Å². The number of carbonyl (C=O) groups is 3. The Bertz CT molecular complexity index is 1580. The highest BCUT2D eigenvalue weighted by molar-refractivity contribution is 6.01. The SMILES string of the molecule is NCc1ccc(-c2cnccc2Oc2ccc(NC(=O)NC(=O)Cc3ccc(F)cc3)cc2F)cc1.O=C(O)C(F)(F)F. The molecule has 0 unspecified atom stereocenters. The quantitative estimate of drug-likeness (QED) is 0.196. The molecule has 0 fully saturated rings. The maximum Gasteiger partial charge on any atom is 0.490 e. The van der Waals surface area contributed by atoms with Crippen molar-refractivity contribution < 1.29 is 46.2 Å². The van der Waals surface area contributed by atoms with E-state index in [-0.39, 0.29) is 17.9 Å². The first-order chi connectivity index (χ1) is 20.3. The molecule has 43 heavy (non-hydrogen) atoms. The smallest absolute Gasteiger partial charge is 0.475 e. The van der Waals surface area contributed by atoms with Crippen LogP contribution in [0.2, 0.25) is 0 Å². The third kappa shape index (κ3) is 9.89. The number of carboxylic acid groups (broad SMARTS) is 1. The predicted octanol–water partition coefficient (Wildman–Crippen LogP) is 5.80. The number of alkyl halides is 3. The van der Waals surface area contributed by atoms with E-state index in [2.05, 4.69) is 15.6 Å². The lowest BCUT2D eigenvalue weighted by atomic mass is 10.0. The van der Waals surface area contributed by atoms with E-state index in [4.69, 9.17) is 20.4 Å². The number of aliphatic carboxylic acids is 1. The van der Waals surface area contributed by atoms with Gasteiger partial charge in [0.05, 0.1) is 6.42 Å². The minimum Gasteiger partial charge on any atom is -0.475 e. The fourth-order valence-corrected chi connectivity index (χ4v) is 3.41. The minimum absolute atomic E-state index is 0.0561. The highest BCUT2D eigenvalue weighted by Gasteiger charge is 2.38. The summed E-state index contributed by atoms with van der Waals surface area (Å²) in [5.41, 5.74) is 8.79. The molecule has 0 bridgehead atoms. The second-order valence-electron chi connectivity index (χ2n) is 8.63. The van der Waals surface area contributed by atoms with Crippen LogP contribution in [0.15, 0.2) is 85.2 Å². The minimum atomic E-state index is -5.08. The van der Waals surface area contributed by atoms with Gasteiger partial charge in [-0.15, -0.1) is 0 Å². The third-order valence-corrected chi connectivity index (χ3v) is 5.46. The highest BCUT2D eigenvalue weighted by Crippen LogP contribution is 2.34. The molecule has 0 aliphatic rings. The van der Waals surface area contributed by atoms with Crippen LogP contribution in [0.4, 0.5) is 32.4 Å². The van der Waals surface area contributed by atoms with Crippen molar-refractivity contribution in [1.29, 1.82) is 0 Å². The molecule has 1 aromatic heterocycles. The lowest BCUT2D eigenvalue weighted by Gasteiger charge is -2.13. The Hall–Kier alpha value is -5.37. The number of ether oxygens (including phenoxy) is 1. The van der Waals surface area contributed by atoms with E-state index in [9.17, 15) is 31.5 Å². The van der Waals surface area contributed by atoms with Crippen LogP contribution in [-0.4, -0.2) is 34.2 Å². The molecule has 1 heterocycles. The van der Waals surface area contributed by atoms with Crippen LogP contribution < -0.4 is 21.1 Å². The first-order valence-corrected chi connectivity index (χ1v) is 12.2. The number of carboxylic acids is 1. The van der Waals surface area contributed by atoms with Gasteiger partial charge in [0.1, 0.15) is 11.6 Å². The molecule has 224 valence electrons. The molecule has 0 aliphatic carbocycles. The maximum absolute atomic E-state index is 14.8. The van der Waals surface area contributed by atoms with Crippen molar-refractivity contribution in [3.63, 3.8) is 0 Å². The number of nitrogens with two attached hydrogens (primary N) is 1.